The van der Waals surface area contributed by atoms with Crippen LogP contribution in [0.4, 0.5) is 39.5 Å². The lowest BCUT2D eigenvalue weighted by atomic mass is 9.86. The SMILES string of the molecule is [CH]C([CH])([CH])C(F)(OC(F)(F)CC(F)(F)F)C(F)(F)F. The summed E-state index contributed by atoms with van der Waals surface area (Å²) in [6.45, 7) is 12.9. The zero-order valence-corrected chi connectivity index (χ0v) is 8.75. The van der Waals surface area contributed by atoms with Crippen molar-refractivity contribution in [2.24, 2.45) is 5.41 Å². The summed E-state index contributed by atoms with van der Waals surface area (Å²) in [4.78, 5) is 0. The van der Waals surface area contributed by atoms with E-state index in [1.165, 1.54) is 0 Å². The summed E-state index contributed by atoms with van der Waals surface area (Å²) in [6, 6.07) is 0. The second kappa shape index (κ2) is 4.71. The normalized spacial score (nSPS) is 18.3. The third kappa shape index (κ3) is 4.73. The average Bonchev–Trinajstić information content (AvgIpc) is 1.92. The van der Waals surface area contributed by atoms with Crippen LogP contribution in [-0.2, 0) is 4.74 Å². The lowest BCUT2D eigenvalue weighted by molar-refractivity contribution is -0.438. The van der Waals surface area contributed by atoms with Gasteiger partial charge >= 0.3 is 24.3 Å². The third-order valence-corrected chi connectivity index (χ3v) is 1.62. The molecule has 0 aromatic heterocycles. The molecule has 0 bridgehead atoms. The van der Waals surface area contributed by atoms with Gasteiger partial charge < -0.3 is 0 Å². The van der Waals surface area contributed by atoms with Crippen molar-refractivity contribution in [1.29, 1.82) is 0 Å². The van der Waals surface area contributed by atoms with Crippen LogP contribution in [0.15, 0.2) is 0 Å². The molecule has 0 spiro atoms. The maximum atomic E-state index is 13.3. The summed E-state index contributed by atoms with van der Waals surface area (Å²) in [5.41, 5.74) is -4.04. The van der Waals surface area contributed by atoms with Crippen molar-refractivity contribution in [3.05, 3.63) is 20.8 Å². The van der Waals surface area contributed by atoms with Crippen LogP contribution < -0.4 is 0 Å². The van der Waals surface area contributed by atoms with Crippen molar-refractivity contribution in [1.82, 2.24) is 0 Å². The number of hydrogen-bond acceptors (Lipinski definition) is 1. The molecule has 0 aliphatic carbocycles. The third-order valence-electron chi connectivity index (χ3n) is 1.62. The zero-order valence-electron chi connectivity index (χ0n) is 8.75. The highest BCUT2D eigenvalue weighted by Gasteiger charge is 2.69. The lowest BCUT2D eigenvalue weighted by Crippen LogP contribution is -2.57. The fourth-order valence-corrected chi connectivity index (χ4v) is 0.867. The molecule has 0 amide bonds. The van der Waals surface area contributed by atoms with Gasteiger partial charge in [-0.15, -0.1) is 0 Å². The molecule has 0 aromatic rings. The van der Waals surface area contributed by atoms with Crippen LogP contribution >= 0.6 is 0 Å². The Bertz CT molecular complexity index is 295. The first-order valence-electron chi connectivity index (χ1n) is 4.18. The van der Waals surface area contributed by atoms with Gasteiger partial charge in [0.1, 0.15) is 6.42 Å². The van der Waals surface area contributed by atoms with Crippen LogP contribution in [-0.4, -0.2) is 24.3 Å². The van der Waals surface area contributed by atoms with E-state index in [0.717, 1.165) is 0 Å². The molecular weight excluding hydrogens is 295 g/mol. The Labute approximate surface area is 102 Å². The maximum Gasteiger partial charge on any atom is 0.449 e. The van der Waals surface area contributed by atoms with Crippen molar-refractivity contribution < 1.29 is 44.3 Å². The van der Waals surface area contributed by atoms with Crippen molar-refractivity contribution in [2.75, 3.05) is 0 Å². The predicted molar refractivity (Wildman–Crippen MR) is 41.9 cm³/mol. The molecule has 6 radical (unpaired) electrons. The molecule has 10 heteroatoms. The Morgan fingerprint density at radius 3 is 1.32 bits per heavy atom. The van der Waals surface area contributed by atoms with Gasteiger partial charge in [-0.25, -0.2) is 4.39 Å². The predicted octanol–water partition coefficient (Wildman–Crippen LogP) is 3.90. The number of alkyl halides is 9. The van der Waals surface area contributed by atoms with Crippen molar-refractivity contribution >= 4 is 0 Å². The topological polar surface area (TPSA) is 9.23 Å². The Hall–Kier alpha value is -0.670. The maximum absolute atomic E-state index is 13.3. The Morgan fingerprint density at radius 2 is 1.11 bits per heavy atom. The van der Waals surface area contributed by atoms with Crippen molar-refractivity contribution in [3.8, 4) is 0 Å². The minimum absolute atomic E-state index is 2.51. The van der Waals surface area contributed by atoms with Gasteiger partial charge in [-0.05, 0) is 20.8 Å². The summed E-state index contributed by atoms with van der Waals surface area (Å²) >= 11 is 0. The van der Waals surface area contributed by atoms with E-state index in [4.69, 9.17) is 0 Å². The molecule has 19 heavy (non-hydrogen) atoms. The van der Waals surface area contributed by atoms with Gasteiger partial charge in [0.2, 0.25) is 0 Å². The van der Waals surface area contributed by atoms with Crippen LogP contribution in [0.25, 0.3) is 0 Å². The Kier molecular flexibility index (Phi) is 4.54. The number of rotatable bonds is 4. The standard InChI is InChI=1S/C9H5F9O/c1-5(2,3)8(15,9(16,17)18)19-7(13,14)4-6(10,11)12/h1-3H,4H2. The number of halogens is 9. The van der Waals surface area contributed by atoms with Crippen LogP contribution in [0.1, 0.15) is 6.42 Å². The highest BCUT2D eigenvalue weighted by molar-refractivity contribution is 5.04. The van der Waals surface area contributed by atoms with E-state index in [9.17, 15) is 39.5 Å². The van der Waals surface area contributed by atoms with Crippen LogP contribution in [0.5, 0.6) is 0 Å². The largest absolute Gasteiger partial charge is 0.449 e. The second-order valence-electron chi connectivity index (χ2n) is 3.56. The number of hydrogen-bond donors (Lipinski definition) is 0. The molecule has 110 valence electrons. The molecule has 0 saturated heterocycles. The van der Waals surface area contributed by atoms with Gasteiger partial charge in [0.15, 0.2) is 0 Å². The van der Waals surface area contributed by atoms with Gasteiger partial charge in [-0.1, -0.05) is 0 Å². The molecule has 0 rings (SSSR count). The molecule has 1 atom stereocenters. The van der Waals surface area contributed by atoms with Crippen LogP contribution in [0.3, 0.4) is 0 Å². The fourth-order valence-electron chi connectivity index (χ4n) is 0.867. The minimum Gasteiger partial charge on any atom is -0.274 e. The van der Waals surface area contributed by atoms with E-state index in [-0.39, 0.29) is 0 Å². The quantitative estimate of drug-likeness (QED) is 0.716. The molecule has 1 unspecified atom stereocenters. The lowest BCUT2D eigenvalue weighted by Gasteiger charge is -2.39. The molecule has 1 nitrogen and oxygen atoms in total. The van der Waals surface area contributed by atoms with E-state index in [1.54, 1.807) is 0 Å². The highest BCUT2D eigenvalue weighted by atomic mass is 19.4. The minimum atomic E-state index is -6.29. The molecule has 0 aromatic carbocycles. The van der Waals surface area contributed by atoms with E-state index < -0.39 is 36.2 Å². The molecule has 0 aliphatic rings. The van der Waals surface area contributed by atoms with E-state index in [1.807, 2.05) is 0 Å². The monoisotopic (exact) mass is 300 g/mol. The second-order valence-corrected chi connectivity index (χ2v) is 3.56. The van der Waals surface area contributed by atoms with Gasteiger partial charge in [0.25, 0.3) is 0 Å². The highest BCUT2D eigenvalue weighted by Crippen LogP contribution is 2.50. The van der Waals surface area contributed by atoms with E-state index >= 15 is 0 Å². The Morgan fingerprint density at radius 1 is 0.737 bits per heavy atom. The zero-order chi connectivity index (χ0) is 15.9. The fraction of sp³-hybridized carbons (Fsp3) is 0.667. The Balaban J connectivity index is 5.38. The van der Waals surface area contributed by atoms with Crippen molar-refractivity contribution in [3.63, 3.8) is 0 Å². The summed E-state index contributed by atoms with van der Waals surface area (Å²) < 4.78 is 113. The molecule has 0 saturated carbocycles. The molecular formula is C9H5F9O. The van der Waals surface area contributed by atoms with Gasteiger partial charge in [0, 0.05) is 5.41 Å². The number of ether oxygens (including phenoxy) is 1. The van der Waals surface area contributed by atoms with Gasteiger partial charge in [-0.3, -0.25) is 4.74 Å². The smallest absolute Gasteiger partial charge is 0.274 e. The first-order chi connectivity index (χ1) is 7.91. The molecule has 0 aliphatic heterocycles. The van der Waals surface area contributed by atoms with E-state index in [2.05, 4.69) is 25.5 Å². The summed E-state index contributed by atoms with van der Waals surface area (Å²) in [5, 5.41) is 0. The van der Waals surface area contributed by atoms with Crippen LogP contribution in [0.2, 0.25) is 0 Å². The summed E-state index contributed by atoms with van der Waals surface area (Å²) in [7, 11) is 0. The van der Waals surface area contributed by atoms with Gasteiger partial charge in [-0.2, -0.15) is 35.1 Å². The van der Waals surface area contributed by atoms with Crippen LogP contribution in [0, 0.1) is 26.2 Å². The van der Waals surface area contributed by atoms with Crippen molar-refractivity contribution in [2.45, 2.75) is 30.7 Å². The molecule has 0 N–H and O–H groups in total. The summed E-state index contributed by atoms with van der Waals surface area (Å²) in [5.74, 6) is -5.59. The average molecular weight is 300 g/mol. The van der Waals surface area contributed by atoms with Gasteiger partial charge in [0.05, 0.1) is 0 Å². The first kappa shape index (κ1) is 18.3. The molecule has 0 heterocycles. The first-order valence-corrected chi connectivity index (χ1v) is 4.18. The van der Waals surface area contributed by atoms with E-state index in [0.29, 0.717) is 0 Å². The molecule has 0 fully saturated rings. The summed E-state index contributed by atoms with van der Waals surface area (Å²) in [6.07, 6.45) is -20.7.